The molecule has 0 radical (unpaired) electrons. The molecule has 1 N–H and O–H groups in total. The van der Waals surface area contributed by atoms with Crippen LogP contribution in [0, 0.1) is 11.8 Å². The molecule has 2 saturated heterocycles. The van der Waals surface area contributed by atoms with E-state index in [0.717, 1.165) is 51.9 Å². The average molecular weight is 240 g/mol. The van der Waals surface area contributed by atoms with Gasteiger partial charge in [0.1, 0.15) is 0 Å². The minimum Gasteiger partial charge on any atom is -0.465 e. The van der Waals surface area contributed by atoms with Crippen LogP contribution in [0.15, 0.2) is 0 Å². The number of nitrogens with zero attached hydrogens (tertiary/aromatic N) is 1. The molecule has 98 valence electrons. The van der Waals surface area contributed by atoms with Crippen molar-refractivity contribution < 1.29 is 9.53 Å². The second-order valence-corrected chi connectivity index (χ2v) is 5.40. The fraction of sp³-hybridized carbons (Fsp3) is 0.923. The summed E-state index contributed by atoms with van der Waals surface area (Å²) < 4.78 is 5.47. The summed E-state index contributed by atoms with van der Waals surface area (Å²) in [5.74, 6) is 0.760. The van der Waals surface area contributed by atoms with Gasteiger partial charge in [-0.15, -0.1) is 0 Å². The van der Waals surface area contributed by atoms with Crippen LogP contribution in [-0.2, 0) is 9.53 Å². The van der Waals surface area contributed by atoms with Crippen molar-refractivity contribution in [1.29, 1.82) is 0 Å². The van der Waals surface area contributed by atoms with Crippen molar-refractivity contribution in [2.24, 2.45) is 11.8 Å². The summed E-state index contributed by atoms with van der Waals surface area (Å²) in [7, 11) is 2.11. The van der Waals surface area contributed by atoms with E-state index in [4.69, 9.17) is 4.74 Å². The van der Waals surface area contributed by atoms with Gasteiger partial charge in [0.15, 0.2) is 0 Å². The Morgan fingerprint density at radius 1 is 1.24 bits per heavy atom. The summed E-state index contributed by atoms with van der Waals surface area (Å²) in [5.41, 5.74) is 0. The first kappa shape index (κ1) is 12.8. The van der Waals surface area contributed by atoms with E-state index in [1.54, 1.807) is 0 Å². The molecule has 4 heteroatoms. The topological polar surface area (TPSA) is 41.6 Å². The SMILES string of the molecule is CN1CCC(C(=O)OCC2CCNCC2)CC1. The van der Waals surface area contributed by atoms with Crippen LogP contribution in [0.2, 0.25) is 0 Å². The zero-order valence-corrected chi connectivity index (χ0v) is 10.8. The fourth-order valence-electron chi connectivity index (χ4n) is 2.61. The maximum absolute atomic E-state index is 11.9. The van der Waals surface area contributed by atoms with Gasteiger partial charge in [0.25, 0.3) is 0 Å². The summed E-state index contributed by atoms with van der Waals surface area (Å²) in [6, 6.07) is 0. The van der Waals surface area contributed by atoms with Gasteiger partial charge in [-0.2, -0.15) is 0 Å². The lowest BCUT2D eigenvalue weighted by Gasteiger charge is -2.28. The highest BCUT2D eigenvalue weighted by molar-refractivity contribution is 5.72. The predicted molar refractivity (Wildman–Crippen MR) is 66.8 cm³/mol. The molecule has 0 atom stereocenters. The molecule has 2 heterocycles. The molecule has 2 rings (SSSR count). The van der Waals surface area contributed by atoms with E-state index in [1.165, 1.54) is 0 Å². The number of rotatable bonds is 3. The third-order valence-corrected chi connectivity index (χ3v) is 3.97. The number of likely N-dealkylation sites (tertiary alicyclic amines) is 1. The van der Waals surface area contributed by atoms with Crippen LogP contribution >= 0.6 is 0 Å². The van der Waals surface area contributed by atoms with Crippen LogP contribution < -0.4 is 5.32 Å². The minimum absolute atomic E-state index is 0.0385. The van der Waals surface area contributed by atoms with Crippen LogP contribution in [0.3, 0.4) is 0 Å². The Hall–Kier alpha value is -0.610. The molecule has 0 aromatic heterocycles. The Morgan fingerprint density at radius 2 is 1.88 bits per heavy atom. The second-order valence-electron chi connectivity index (χ2n) is 5.40. The Balaban J connectivity index is 1.66. The third-order valence-electron chi connectivity index (χ3n) is 3.97. The molecule has 0 saturated carbocycles. The van der Waals surface area contributed by atoms with E-state index in [0.29, 0.717) is 12.5 Å². The van der Waals surface area contributed by atoms with Gasteiger partial charge >= 0.3 is 5.97 Å². The van der Waals surface area contributed by atoms with Crippen molar-refractivity contribution in [1.82, 2.24) is 10.2 Å². The number of esters is 1. The summed E-state index contributed by atoms with van der Waals surface area (Å²) in [6.07, 6.45) is 4.20. The lowest BCUT2D eigenvalue weighted by Crippen LogP contribution is -2.35. The number of carbonyl (C=O) groups excluding carboxylic acids is 1. The van der Waals surface area contributed by atoms with Crippen LogP contribution in [0.5, 0.6) is 0 Å². The quantitative estimate of drug-likeness (QED) is 0.743. The molecule has 0 spiro atoms. The van der Waals surface area contributed by atoms with Crippen LogP contribution in [0.1, 0.15) is 25.7 Å². The maximum atomic E-state index is 11.9. The second kappa shape index (κ2) is 6.36. The average Bonchev–Trinajstić information content (AvgIpc) is 2.38. The molecule has 4 nitrogen and oxygen atoms in total. The van der Waals surface area contributed by atoms with E-state index in [1.807, 2.05) is 0 Å². The predicted octanol–water partition coefficient (Wildman–Crippen LogP) is 0.871. The van der Waals surface area contributed by atoms with E-state index in [-0.39, 0.29) is 11.9 Å². The molecule has 0 unspecified atom stereocenters. The summed E-state index contributed by atoms with van der Waals surface area (Å²) >= 11 is 0. The molecule has 2 fully saturated rings. The highest BCUT2D eigenvalue weighted by Gasteiger charge is 2.25. The number of nitrogens with one attached hydrogen (secondary N) is 1. The van der Waals surface area contributed by atoms with E-state index in [2.05, 4.69) is 17.3 Å². The highest BCUT2D eigenvalue weighted by atomic mass is 16.5. The number of carbonyl (C=O) groups is 1. The van der Waals surface area contributed by atoms with Crippen molar-refractivity contribution >= 4 is 5.97 Å². The van der Waals surface area contributed by atoms with Gasteiger partial charge in [-0.3, -0.25) is 4.79 Å². The zero-order chi connectivity index (χ0) is 12.1. The summed E-state index contributed by atoms with van der Waals surface area (Å²) in [5, 5.41) is 3.32. The molecule has 17 heavy (non-hydrogen) atoms. The maximum Gasteiger partial charge on any atom is 0.309 e. The number of ether oxygens (including phenoxy) is 1. The van der Waals surface area contributed by atoms with Gasteiger partial charge < -0.3 is 15.0 Å². The third kappa shape index (κ3) is 3.96. The van der Waals surface area contributed by atoms with E-state index in [9.17, 15) is 4.79 Å². The van der Waals surface area contributed by atoms with E-state index < -0.39 is 0 Å². The lowest BCUT2D eigenvalue weighted by molar-refractivity contribution is -0.151. The molecule has 2 aliphatic heterocycles. The number of hydrogen-bond donors (Lipinski definition) is 1. The smallest absolute Gasteiger partial charge is 0.309 e. The first-order valence-electron chi connectivity index (χ1n) is 6.81. The highest BCUT2D eigenvalue weighted by Crippen LogP contribution is 2.19. The molecule has 0 aromatic carbocycles. The Morgan fingerprint density at radius 3 is 2.53 bits per heavy atom. The molecule has 0 amide bonds. The van der Waals surface area contributed by atoms with Crippen molar-refractivity contribution in [2.45, 2.75) is 25.7 Å². The van der Waals surface area contributed by atoms with Gasteiger partial charge in [0.05, 0.1) is 12.5 Å². The minimum atomic E-state index is 0.0385. The van der Waals surface area contributed by atoms with Crippen molar-refractivity contribution in [3.05, 3.63) is 0 Å². The van der Waals surface area contributed by atoms with Crippen LogP contribution in [-0.4, -0.2) is 50.7 Å². The van der Waals surface area contributed by atoms with E-state index >= 15 is 0 Å². The first-order valence-corrected chi connectivity index (χ1v) is 6.81. The summed E-state index contributed by atoms with van der Waals surface area (Å²) in [4.78, 5) is 14.2. The Kier molecular flexibility index (Phi) is 4.80. The van der Waals surface area contributed by atoms with Crippen molar-refractivity contribution in [2.75, 3.05) is 39.8 Å². The lowest BCUT2D eigenvalue weighted by atomic mass is 9.97. The standard InChI is InChI=1S/C13H24N2O2/c1-15-8-4-12(5-9-15)13(16)17-10-11-2-6-14-7-3-11/h11-12,14H,2-10H2,1H3. The molecule has 2 aliphatic rings. The van der Waals surface area contributed by atoms with Gasteiger partial charge in [0, 0.05) is 0 Å². The van der Waals surface area contributed by atoms with Gasteiger partial charge in [0.2, 0.25) is 0 Å². The number of piperidine rings is 2. The van der Waals surface area contributed by atoms with Crippen molar-refractivity contribution in [3.8, 4) is 0 Å². The normalized spacial score (nSPS) is 24.8. The Labute approximate surface area is 104 Å². The molecule has 0 bridgehead atoms. The molecule has 0 aromatic rings. The monoisotopic (exact) mass is 240 g/mol. The zero-order valence-electron chi connectivity index (χ0n) is 10.8. The van der Waals surface area contributed by atoms with Gasteiger partial charge in [-0.1, -0.05) is 0 Å². The molecule has 0 aliphatic carbocycles. The van der Waals surface area contributed by atoms with Crippen LogP contribution in [0.25, 0.3) is 0 Å². The Bertz CT molecular complexity index is 244. The molecular formula is C13H24N2O2. The van der Waals surface area contributed by atoms with Gasteiger partial charge in [-0.25, -0.2) is 0 Å². The summed E-state index contributed by atoms with van der Waals surface area (Å²) in [6.45, 7) is 4.81. The first-order chi connectivity index (χ1) is 8.25. The number of hydrogen-bond acceptors (Lipinski definition) is 4. The molecular weight excluding hydrogens is 216 g/mol. The van der Waals surface area contributed by atoms with Crippen LogP contribution in [0.4, 0.5) is 0 Å². The van der Waals surface area contributed by atoms with Gasteiger partial charge in [-0.05, 0) is 64.8 Å². The largest absolute Gasteiger partial charge is 0.465 e. The van der Waals surface area contributed by atoms with Crippen molar-refractivity contribution in [3.63, 3.8) is 0 Å². The fourth-order valence-corrected chi connectivity index (χ4v) is 2.61.